The number of thioether (sulfide) groups is 2. The summed E-state index contributed by atoms with van der Waals surface area (Å²) in [5.41, 5.74) is 0. The van der Waals surface area contributed by atoms with E-state index in [1.54, 1.807) is 23.5 Å². The molecule has 16 heavy (non-hydrogen) atoms. The third-order valence-corrected chi connectivity index (χ3v) is 5.35. The SMILES string of the molecule is COC(=O)CS(=O)(=O)CCC=C1SC=CS1. The minimum absolute atomic E-state index is 0.0211. The van der Waals surface area contributed by atoms with Crippen LogP contribution in [0, 0.1) is 0 Å². The fourth-order valence-corrected chi connectivity index (χ4v) is 3.78. The number of hydrogen-bond acceptors (Lipinski definition) is 6. The minimum atomic E-state index is -3.34. The minimum Gasteiger partial charge on any atom is -0.468 e. The first-order valence-corrected chi connectivity index (χ1v) is 8.07. The molecule has 0 amide bonds. The van der Waals surface area contributed by atoms with E-state index >= 15 is 0 Å². The first-order valence-electron chi connectivity index (χ1n) is 4.49. The predicted octanol–water partition coefficient (Wildman–Crippen LogP) is 1.76. The van der Waals surface area contributed by atoms with E-state index in [1.807, 2.05) is 16.9 Å². The van der Waals surface area contributed by atoms with E-state index in [0.717, 1.165) is 4.24 Å². The second-order valence-corrected chi connectivity index (χ2v) is 7.33. The Bertz CT molecular complexity index is 398. The van der Waals surface area contributed by atoms with Gasteiger partial charge in [-0.1, -0.05) is 29.6 Å². The van der Waals surface area contributed by atoms with Gasteiger partial charge in [-0.05, 0) is 17.2 Å². The Labute approximate surface area is 103 Å². The smallest absolute Gasteiger partial charge is 0.320 e. The number of carbonyl (C=O) groups excluding carboxylic acids is 1. The summed E-state index contributed by atoms with van der Waals surface area (Å²) >= 11 is 3.14. The van der Waals surface area contributed by atoms with E-state index in [0.29, 0.717) is 6.42 Å². The highest BCUT2D eigenvalue weighted by atomic mass is 32.2. The van der Waals surface area contributed by atoms with Crippen LogP contribution in [0.15, 0.2) is 21.1 Å². The molecule has 4 nitrogen and oxygen atoms in total. The van der Waals surface area contributed by atoms with Gasteiger partial charge < -0.3 is 4.74 Å². The van der Waals surface area contributed by atoms with Crippen molar-refractivity contribution < 1.29 is 17.9 Å². The molecule has 1 rings (SSSR count). The monoisotopic (exact) mass is 280 g/mol. The zero-order valence-corrected chi connectivity index (χ0v) is 11.2. The largest absolute Gasteiger partial charge is 0.468 e. The topological polar surface area (TPSA) is 60.4 Å². The van der Waals surface area contributed by atoms with E-state index in [4.69, 9.17) is 0 Å². The lowest BCUT2D eigenvalue weighted by atomic mass is 10.5. The first kappa shape index (κ1) is 13.7. The molecule has 0 saturated carbocycles. The maximum Gasteiger partial charge on any atom is 0.320 e. The van der Waals surface area contributed by atoms with Crippen LogP contribution < -0.4 is 0 Å². The van der Waals surface area contributed by atoms with Gasteiger partial charge in [-0.2, -0.15) is 0 Å². The quantitative estimate of drug-likeness (QED) is 0.715. The van der Waals surface area contributed by atoms with Crippen molar-refractivity contribution in [1.82, 2.24) is 0 Å². The third-order valence-electron chi connectivity index (χ3n) is 1.73. The van der Waals surface area contributed by atoms with Gasteiger partial charge in [-0.15, -0.1) is 0 Å². The molecule has 1 aliphatic heterocycles. The third kappa shape index (κ3) is 5.09. The van der Waals surface area contributed by atoms with Crippen LogP contribution >= 0.6 is 23.5 Å². The lowest BCUT2D eigenvalue weighted by molar-refractivity contribution is -0.137. The van der Waals surface area contributed by atoms with Gasteiger partial charge >= 0.3 is 5.97 Å². The Kier molecular flexibility index (Phi) is 5.43. The summed E-state index contributed by atoms with van der Waals surface area (Å²) in [6.45, 7) is 0. The van der Waals surface area contributed by atoms with Crippen molar-refractivity contribution in [3.8, 4) is 0 Å². The highest BCUT2D eigenvalue weighted by Gasteiger charge is 2.16. The Morgan fingerprint density at radius 1 is 1.44 bits per heavy atom. The lowest BCUT2D eigenvalue weighted by Gasteiger charge is -2.01. The average Bonchev–Trinajstić information content (AvgIpc) is 2.69. The molecule has 0 aromatic rings. The molecule has 0 aromatic heterocycles. The van der Waals surface area contributed by atoms with Crippen LogP contribution in [0.3, 0.4) is 0 Å². The second kappa shape index (κ2) is 6.36. The molecule has 0 unspecified atom stereocenters. The van der Waals surface area contributed by atoms with Gasteiger partial charge in [-0.25, -0.2) is 8.42 Å². The molecule has 0 bridgehead atoms. The van der Waals surface area contributed by atoms with Crippen molar-refractivity contribution in [2.75, 3.05) is 18.6 Å². The molecule has 0 fully saturated rings. The number of carbonyl (C=O) groups is 1. The fourth-order valence-electron chi connectivity index (χ4n) is 0.981. The number of hydrogen-bond donors (Lipinski definition) is 0. The second-order valence-electron chi connectivity index (χ2n) is 2.99. The fraction of sp³-hybridized carbons (Fsp3) is 0.444. The number of esters is 1. The first-order chi connectivity index (χ1) is 7.53. The molecule has 0 aromatic carbocycles. The average molecular weight is 280 g/mol. The van der Waals surface area contributed by atoms with Gasteiger partial charge in [0.25, 0.3) is 0 Å². The van der Waals surface area contributed by atoms with Crippen LogP contribution in [0.4, 0.5) is 0 Å². The summed E-state index contributed by atoms with van der Waals surface area (Å²) in [4.78, 5) is 10.8. The molecule has 7 heteroatoms. The molecule has 1 aliphatic rings. The van der Waals surface area contributed by atoms with Gasteiger partial charge in [0.15, 0.2) is 9.84 Å². The maximum atomic E-state index is 11.4. The van der Waals surface area contributed by atoms with Gasteiger partial charge in [0.1, 0.15) is 5.75 Å². The van der Waals surface area contributed by atoms with Crippen molar-refractivity contribution in [3.05, 3.63) is 21.1 Å². The van der Waals surface area contributed by atoms with Gasteiger partial charge in [0.2, 0.25) is 0 Å². The highest BCUT2D eigenvalue weighted by molar-refractivity contribution is 8.27. The molecule has 0 radical (unpaired) electrons. The molecule has 0 saturated heterocycles. The van der Waals surface area contributed by atoms with E-state index in [-0.39, 0.29) is 5.75 Å². The van der Waals surface area contributed by atoms with Crippen molar-refractivity contribution in [1.29, 1.82) is 0 Å². The maximum absolute atomic E-state index is 11.4. The van der Waals surface area contributed by atoms with E-state index in [1.165, 1.54) is 7.11 Å². The van der Waals surface area contributed by atoms with Gasteiger partial charge in [-0.3, -0.25) is 4.79 Å². The predicted molar refractivity (Wildman–Crippen MR) is 67.7 cm³/mol. The normalized spacial score (nSPS) is 15.2. The van der Waals surface area contributed by atoms with Crippen molar-refractivity contribution in [2.45, 2.75) is 6.42 Å². The number of methoxy groups -OCH3 is 1. The molecular formula is C9H12O4S3. The summed E-state index contributed by atoms with van der Waals surface area (Å²) in [6, 6.07) is 0. The Hall–Kier alpha value is -0.400. The van der Waals surface area contributed by atoms with Gasteiger partial charge in [0, 0.05) is 4.24 Å². The van der Waals surface area contributed by atoms with E-state index in [9.17, 15) is 13.2 Å². The van der Waals surface area contributed by atoms with Crippen LogP contribution in [0.1, 0.15) is 6.42 Å². The van der Waals surface area contributed by atoms with Crippen LogP contribution in [0.25, 0.3) is 0 Å². The summed E-state index contributed by atoms with van der Waals surface area (Å²) in [7, 11) is -2.16. The molecule has 0 atom stereocenters. The van der Waals surface area contributed by atoms with Crippen molar-refractivity contribution >= 4 is 39.3 Å². The Balaban J connectivity index is 2.36. The zero-order chi connectivity index (χ0) is 12.0. The molecule has 0 N–H and O–H groups in total. The van der Waals surface area contributed by atoms with Crippen LogP contribution in [0.5, 0.6) is 0 Å². The lowest BCUT2D eigenvalue weighted by Crippen LogP contribution is -2.19. The molecule has 0 aliphatic carbocycles. The Morgan fingerprint density at radius 3 is 2.62 bits per heavy atom. The Morgan fingerprint density at radius 2 is 2.06 bits per heavy atom. The van der Waals surface area contributed by atoms with E-state index in [2.05, 4.69) is 4.74 Å². The van der Waals surface area contributed by atoms with Crippen LogP contribution in [-0.4, -0.2) is 33.0 Å². The molecular weight excluding hydrogens is 268 g/mol. The number of rotatable bonds is 5. The number of ether oxygens (including phenoxy) is 1. The highest BCUT2D eigenvalue weighted by Crippen LogP contribution is 2.37. The van der Waals surface area contributed by atoms with Crippen molar-refractivity contribution in [2.24, 2.45) is 0 Å². The zero-order valence-electron chi connectivity index (χ0n) is 8.71. The molecule has 0 spiro atoms. The summed E-state index contributed by atoms with van der Waals surface area (Å²) in [5.74, 6) is -1.27. The van der Waals surface area contributed by atoms with Gasteiger partial charge in [0.05, 0.1) is 12.9 Å². The van der Waals surface area contributed by atoms with E-state index < -0.39 is 21.6 Å². The van der Waals surface area contributed by atoms with Crippen LogP contribution in [0.2, 0.25) is 0 Å². The number of allylic oxidation sites excluding steroid dienone is 1. The standard InChI is InChI=1S/C9H12O4S3/c1-13-8(10)7-16(11,12)6-2-3-9-14-4-5-15-9/h3-5H,2,6-7H2,1H3. The van der Waals surface area contributed by atoms with Crippen molar-refractivity contribution in [3.63, 3.8) is 0 Å². The summed E-state index contributed by atoms with van der Waals surface area (Å²) in [6.07, 6.45) is 2.29. The summed E-state index contributed by atoms with van der Waals surface area (Å²) < 4.78 is 28.2. The number of sulfone groups is 1. The molecule has 1 heterocycles. The van der Waals surface area contributed by atoms with Crippen LogP contribution in [-0.2, 0) is 19.4 Å². The summed E-state index contributed by atoms with van der Waals surface area (Å²) in [5, 5.41) is 3.89. The molecule has 90 valence electrons.